The third kappa shape index (κ3) is 5.08. The number of carbonyl (C=O) groups is 1. The van der Waals surface area contributed by atoms with Gasteiger partial charge in [0.15, 0.2) is 0 Å². The molecule has 1 aliphatic rings. The molecule has 2 N–H and O–H groups in total. The third-order valence-corrected chi connectivity index (χ3v) is 7.80. The summed E-state index contributed by atoms with van der Waals surface area (Å²) in [5, 5.41) is 1.23. The van der Waals surface area contributed by atoms with Crippen LogP contribution in [-0.2, 0) is 4.74 Å². The van der Waals surface area contributed by atoms with E-state index >= 15 is 0 Å². The van der Waals surface area contributed by atoms with Gasteiger partial charge in [-0.1, -0.05) is 18.2 Å². The Morgan fingerprint density at radius 3 is 2.23 bits per heavy atom. The fraction of sp³-hybridized carbons (Fsp3) is 0.364. The van der Waals surface area contributed by atoms with Crippen LogP contribution in [0.5, 0.6) is 0 Å². The largest absolute Gasteiger partial charge is 0.444 e. The second-order valence-corrected chi connectivity index (χ2v) is 12.1. The minimum absolute atomic E-state index is 0.229. The second kappa shape index (κ2) is 9.81. The van der Waals surface area contributed by atoms with Crippen molar-refractivity contribution in [2.45, 2.75) is 65.9 Å². The SMILES string of the molecule is Cc1cc(-c2[nH]c3cc(-c4ccc5[nH]c(C6CCN(C(=O)OC(C)(C)C)CC6)nc5c4)ccc3c2C)cc(C)n1. The third-order valence-electron chi connectivity index (χ3n) is 7.80. The molecule has 206 valence electrons. The van der Waals surface area contributed by atoms with Gasteiger partial charge in [0.1, 0.15) is 11.4 Å². The summed E-state index contributed by atoms with van der Waals surface area (Å²) in [5.41, 5.74) is 10.5. The quantitative estimate of drug-likeness (QED) is 0.247. The smallest absolute Gasteiger partial charge is 0.410 e. The maximum Gasteiger partial charge on any atom is 0.410 e. The summed E-state index contributed by atoms with van der Waals surface area (Å²) in [6, 6.07) is 17.3. The number of benzene rings is 2. The summed E-state index contributed by atoms with van der Waals surface area (Å²) < 4.78 is 5.55. The van der Waals surface area contributed by atoms with E-state index < -0.39 is 5.60 Å². The van der Waals surface area contributed by atoms with E-state index in [1.54, 1.807) is 0 Å². The predicted molar refractivity (Wildman–Crippen MR) is 161 cm³/mol. The highest BCUT2D eigenvalue weighted by Gasteiger charge is 2.28. The highest BCUT2D eigenvalue weighted by molar-refractivity contribution is 5.94. The molecule has 0 atom stereocenters. The monoisotopic (exact) mass is 535 g/mol. The number of piperidine rings is 1. The van der Waals surface area contributed by atoms with Crippen LogP contribution in [0.25, 0.3) is 44.3 Å². The highest BCUT2D eigenvalue weighted by atomic mass is 16.6. The molecule has 1 amide bonds. The standard InChI is InChI=1S/C33H37N5O2/c1-19-15-25(16-20(2)34-19)30-21(3)26-9-7-23(17-28(26)35-30)24-8-10-27-29(18-24)37-31(36-27)22-11-13-38(14-12-22)32(39)40-33(4,5)6/h7-10,15-18,22,35H,11-14H2,1-6H3,(H,36,37). The van der Waals surface area contributed by atoms with Gasteiger partial charge in [-0.25, -0.2) is 9.78 Å². The van der Waals surface area contributed by atoms with Crippen molar-refractivity contribution >= 4 is 28.0 Å². The molecular weight excluding hydrogens is 498 g/mol. The van der Waals surface area contributed by atoms with Crippen molar-refractivity contribution in [3.8, 4) is 22.4 Å². The first-order chi connectivity index (χ1) is 19.0. The van der Waals surface area contributed by atoms with Crippen molar-refractivity contribution in [3.63, 3.8) is 0 Å². The molecule has 7 heteroatoms. The number of H-pyrrole nitrogens is 2. The number of hydrogen-bond donors (Lipinski definition) is 2. The summed E-state index contributed by atoms with van der Waals surface area (Å²) in [7, 11) is 0. The zero-order valence-corrected chi connectivity index (χ0v) is 24.2. The normalized spacial score (nSPS) is 14.8. The van der Waals surface area contributed by atoms with Crippen LogP contribution < -0.4 is 0 Å². The number of nitrogens with one attached hydrogen (secondary N) is 2. The molecule has 7 nitrogen and oxygen atoms in total. The molecule has 6 rings (SSSR count). The summed E-state index contributed by atoms with van der Waals surface area (Å²) in [6.07, 6.45) is 1.51. The van der Waals surface area contributed by atoms with E-state index in [1.165, 1.54) is 16.5 Å². The minimum Gasteiger partial charge on any atom is -0.444 e. The van der Waals surface area contributed by atoms with E-state index in [2.05, 4.69) is 70.4 Å². The number of aryl methyl sites for hydroxylation is 3. The fourth-order valence-electron chi connectivity index (χ4n) is 5.85. The topological polar surface area (TPSA) is 86.9 Å². The van der Waals surface area contributed by atoms with Gasteiger partial charge in [-0.15, -0.1) is 0 Å². The number of carbonyl (C=O) groups excluding carboxylic acids is 1. The van der Waals surface area contributed by atoms with Gasteiger partial charge < -0.3 is 19.6 Å². The minimum atomic E-state index is -0.477. The van der Waals surface area contributed by atoms with Gasteiger partial charge in [-0.2, -0.15) is 0 Å². The van der Waals surface area contributed by atoms with Gasteiger partial charge in [0.05, 0.1) is 11.0 Å². The molecule has 0 saturated carbocycles. The second-order valence-electron chi connectivity index (χ2n) is 12.1. The van der Waals surface area contributed by atoms with Crippen LogP contribution >= 0.6 is 0 Å². The maximum absolute atomic E-state index is 12.4. The Kier molecular flexibility index (Phi) is 6.40. The van der Waals surface area contributed by atoms with Gasteiger partial charge in [0.2, 0.25) is 0 Å². The first-order valence-corrected chi connectivity index (χ1v) is 14.1. The Hall–Kier alpha value is -4.13. The average Bonchev–Trinajstić information content (AvgIpc) is 3.47. The van der Waals surface area contributed by atoms with Crippen molar-refractivity contribution in [2.75, 3.05) is 13.1 Å². The number of aromatic amines is 2. The maximum atomic E-state index is 12.4. The van der Waals surface area contributed by atoms with Crippen molar-refractivity contribution in [1.29, 1.82) is 0 Å². The molecular formula is C33H37N5O2. The van der Waals surface area contributed by atoms with Crippen molar-refractivity contribution in [3.05, 3.63) is 71.3 Å². The molecule has 0 spiro atoms. The number of pyridine rings is 1. The Morgan fingerprint density at radius 2 is 1.52 bits per heavy atom. The van der Waals surface area contributed by atoms with Crippen molar-refractivity contribution in [1.82, 2.24) is 24.8 Å². The molecule has 0 aliphatic carbocycles. The lowest BCUT2D eigenvalue weighted by Gasteiger charge is -2.32. The van der Waals surface area contributed by atoms with Crippen LogP contribution in [0.3, 0.4) is 0 Å². The molecule has 4 heterocycles. The first kappa shape index (κ1) is 26.1. The average molecular weight is 536 g/mol. The van der Waals surface area contributed by atoms with E-state index in [-0.39, 0.29) is 6.09 Å². The molecule has 0 bridgehead atoms. The lowest BCUT2D eigenvalue weighted by molar-refractivity contribution is 0.0203. The van der Waals surface area contributed by atoms with Gasteiger partial charge in [0, 0.05) is 52.6 Å². The van der Waals surface area contributed by atoms with Crippen LogP contribution in [-0.4, -0.2) is 49.6 Å². The first-order valence-electron chi connectivity index (χ1n) is 14.1. The number of ether oxygens (including phenoxy) is 1. The van der Waals surface area contributed by atoms with Crippen LogP contribution in [0, 0.1) is 20.8 Å². The van der Waals surface area contributed by atoms with Crippen LogP contribution in [0.2, 0.25) is 0 Å². The summed E-state index contributed by atoms with van der Waals surface area (Å²) in [5.74, 6) is 1.30. The fourth-order valence-corrected chi connectivity index (χ4v) is 5.85. The number of hydrogen-bond acceptors (Lipinski definition) is 4. The molecule has 3 aromatic heterocycles. The highest BCUT2D eigenvalue weighted by Crippen LogP contribution is 2.34. The zero-order valence-electron chi connectivity index (χ0n) is 24.2. The Balaban J connectivity index is 1.23. The lowest BCUT2D eigenvalue weighted by atomic mass is 9.96. The van der Waals surface area contributed by atoms with Gasteiger partial charge in [-0.05, 0) is 101 Å². The number of likely N-dealkylation sites (tertiary alicyclic amines) is 1. The number of amides is 1. The Labute approximate surface area is 235 Å². The molecule has 40 heavy (non-hydrogen) atoms. The molecule has 5 aromatic rings. The van der Waals surface area contributed by atoms with E-state index in [0.717, 1.165) is 63.4 Å². The lowest BCUT2D eigenvalue weighted by Crippen LogP contribution is -2.41. The number of aromatic nitrogens is 4. The van der Waals surface area contributed by atoms with E-state index in [0.29, 0.717) is 19.0 Å². The van der Waals surface area contributed by atoms with E-state index in [1.807, 2.05) is 39.5 Å². The van der Waals surface area contributed by atoms with Gasteiger partial charge in [-0.3, -0.25) is 4.98 Å². The van der Waals surface area contributed by atoms with E-state index in [9.17, 15) is 4.79 Å². The molecule has 1 fully saturated rings. The molecule has 0 unspecified atom stereocenters. The number of rotatable bonds is 3. The van der Waals surface area contributed by atoms with Crippen LogP contribution in [0.15, 0.2) is 48.5 Å². The molecule has 1 saturated heterocycles. The number of nitrogens with zero attached hydrogens (tertiary/aromatic N) is 3. The summed E-state index contributed by atoms with van der Waals surface area (Å²) in [6.45, 7) is 13.3. The van der Waals surface area contributed by atoms with Crippen molar-refractivity contribution < 1.29 is 9.53 Å². The van der Waals surface area contributed by atoms with Crippen molar-refractivity contribution in [2.24, 2.45) is 0 Å². The summed E-state index contributed by atoms with van der Waals surface area (Å²) in [4.78, 5) is 31.0. The molecule has 0 radical (unpaired) electrons. The van der Waals surface area contributed by atoms with Gasteiger partial charge >= 0.3 is 6.09 Å². The molecule has 2 aromatic carbocycles. The number of fused-ring (bicyclic) bond motifs is 2. The van der Waals surface area contributed by atoms with Gasteiger partial charge in [0.25, 0.3) is 0 Å². The zero-order chi connectivity index (χ0) is 28.2. The predicted octanol–water partition coefficient (Wildman–Crippen LogP) is 7.81. The van der Waals surface area contributed by atoms with Crippen LogP contribution in [0.4, 0.5) is 4.79 Å². The van der Waals surface area contributed by atoms with E-state index in [4.69, 9.17) is 9.72 Å². The Bertz CT molecular complexity index is 1710. The Morgan fingerprint density at radius 1 is 0.850 bits per heavy atom. The summed E-state index contributed by atoms with van der Waals surface area (Å²) >= 11 is 0. The number of imidazole rings is 1. The van der Waals surface area contributed by atoms with Crippen LogP contribution in [0.1, 0.15) is 62.3 Å². The molecule has 1 aliphatic heterocycles.